The zero-order chi connectivity index (χ0) is 14.4. The molecular formula is C15H22ClNO3. The predicted octanol–water partition coefficient (Wildman–Crippen LogP) is 2.19. The molecule has 5 heteroatoms. The van der Waals surface area contributed by atoms with Gasteiger partial charge in [0.05, 0.1) is 25.9 Å². The van der Waals surface area contributed by atoms with Crippen molar-refractivity contribution < 1.29 is 14.6 Å². The van der Waals surface area contributed by atoms with Gasteiger partial charge >= 0.3 is 0 Å². The van der Waals surface area contributed by atoms with Gasteiger partial charge in [0.25, 0.3) is 0 Å². The summed E-state index contributed by atoms with van der Waals surface area (Å²) in [6, 6.07) is 7.80. The molecule has 1 aromatic carbocycles. The first-order valence-corrected chi connectivity index (χ1v) is 7.41. The lowest BCUT2D eigenvalue weighted by Crippen LogP contribution is -2.49. The van der Waals surface area contributed by atoms with Crippen LogP contribution in [-0.4, -0.2) is 55.1 Å². The summed E-state index contributed by atoms with van der Waals surface area (Å²) in [5.41, 5.74) is 0. The lowest BCUT2D eigenvalue weighted by molar-refractivity contribution is -0.0784. The van der Waals surface area contributed by atoms with Gasteiger partial charge < -0.3 is 14.6 Å². The van der Waals surface area contributed by atoms with Crippen LogP contribution < -0.4 is 4.74 Å². The lowest BCUT2D eigenvalue weighted by atomic mass is 10.2. The molecule has 0 radical (unpaired) electrons. The van der Waals surface area contributed by atoms with E-state index in [9.17, 15) is 0 Å². The molecule has 20 heavy (non-hydrogen) atoms. The molecule has 1 aliphatic rings. The Hall–Kier alpha value is -0.810. The first-order chi connectivity index (χ1) is 9.69. The standard InChI is InChI=1S/C15H22ClNO3/c1-12-11-20-15(10-18)9-17(12)7-2-8-19-14-5-3-13(16)4-6-14/h3-6,12,15,18H,2,7-11H2,1H3. The summed E-state index contributed by atoms with van der Waals surface area (Å²) in [6.07, 6.45) is 0.897. The largest absolute Gasteiger partial charge is 0.494 e. The summed E-state index contributed by atoms with van der Waals surface area (Å²) in [7, 11) is 0. The number of nitrogens with zero attached hydrogens (tertiary/aromatic N) is 1. The Morgan fingerprint density at radius 1 is 1.40 bits per heavy atom. The summed E-state index contributed by atoms with van der Waals surface area (Å²) in [4.78, 5) is 2.34. The fourth-order valence-electron chi connectivity index (χ4n) is 2.29. The molecule has 2 unspecified atom stereocenters. The molecule has 1 aromatic rings. The quantitative estimate of drug-likeness (QED) is 0.818. The van der Waals surface area contributed by atoms with Gasteiger partial charge in [-0.3, -0.25) is 4.90 Å². The van der Waals surface area contributed by atoms with Crippen molar-refractivity contribution in [2.24, 2.45) is 0 Å². The van der Waals surface area contributed by atoms with Gasteiger partial charge in [0, 0.05) is 24.2 Å². The Balaban J connectivity index is 1.68. The van der Waals surface area contributed by atoms with Crippen LogP contribution in [0.15, 0.2) is 24.3 Å². The molecule has 0 aromatic heterocycles. The van der Waals surface area contributed by atoms with E-state index in [1.807, 2.05) is 24.3 Å². The molecule has 1 heterocycles. The molecule has 0 amide bonds. The number of hydrogen-bond donors (Lipinski definition) is 1. The number of morpholine rings is 1. The summed E-state index contributed by atoms with van der Waals surface area (Å²) in [5, 5.41) is 9.87. The van der Waals surface area contributed by atoms with E-state index in [1.165, 1.54) is 0 Å². The molecule has 1 saturated heterocycles. The highest BCUT2D eigenvalue weighted by Gasteiger charge is 2.24. The van der Waals surface area contributed by atoms with Gasteiger partial charge in [0.15, 0.2) is 0 Å². The van der Waals surface area contributed by atoms with Crippen molar-refractivity contribution in [3.05, 3.63) is 29.3 Å². The second kappa shape index (κ2) is 7.84. The van der Waals surface area contributed by atoms with E-state index >= 15 is 0 Å². The predicted molar refractivity (Wildman–Crippen MR) is 79.4 cm³/mol. The van der Waals surface area contributed by atoms with Gasteiger partial charge in [0.2, 0.25) is 0 Å². The summed E-state index contributed by atoms with van der Waals surface area (Å²) in [6.45, 7) is 5.34. The molecule has 2 rings (SSSR count). The van der Waals surface area contributed by atoms with Crippen LogP contribution in [0.2, 0.25) is 5.02 Å². The van der Waals surface area contributed by atoms with E-state index in [-0.39, 0.29) is 12.7 Å². The minimum Gasteiger partial charge on any atom is -0.494 e. The van der Waals surface area contributed by atoms with Crippen LogP contribution in [0.1, 0.15) is 13.3 Å². The molecule has 0 bridgehead atoms. The molecule has 112 valence electrons. The molecule has 0 saturated carbocycles. The molecule has 4 nitrogen and oxygen atoms in total. The fraction of sp³-hybridized carbons (Fsp3) is 0.600. The molecule has 1 aliphatic heterocycles. The number of ether oxygens (including phenoxy) is 2. The minimum atomic E-state index is -0.0524. The van der Waals surface area contributed by atoms with E-state index in [1.54, 1.807) is 0 Å². The molecule has 1 fully saturated rings. The van der Waals surface area contributed by atoms with Gasteiger partial charge in [-0.05, 0) is 37.6 Å². The van der Waals surface area contributed by atoms with Gasteiger partial charge in [-0.2, -0.15) is 0 Å². The Kier molecular flexibility index (Phi) is 6.10. The maximum atomic E-state index is 9.15. The Bertz CT molecular complexity index is 399. The topological polar surface area (TPSA) is 41.9 Å². The highest BCUT2D eigenvalue weighted by atomic mass is 35.5. The molecule has 2 atom stereocenters. The third kappa shape index (κ3) is 4.63. The Morgan fingerprint density at radius 3 is 2.85 bits per heavy atom. The maximum absolute atomic E-state index is 9.15. The van der Waals surface area contributed by atoms with Crippen molar-refractivity contribution in [2.75, 3.05) is 32.9 Å². The van der Waals surface area contributed by atoms with Crippen molar-refractivity contribution in [2.45, 2.75) is 25.5 Å². The van der Waals surface area contributed by atoms with Gasteiger partial charge in [0.1, 0.15) is 5.75 Å². The summed E-state index contributed by atoms with van der Waals surface area (Å²) < 4.78 is 11.2. The van der Waals surface area contributed by atoms with E-state index in [0.29, 0.717) is 19.3 Å². The molecule has 0 spiro atoms. The highest BCUT2D eigenvalue weighted by Crippen LogP contribution is 2.16. The van der Waals surface area contributed by atoms with Crippen LogP contribution in [0.25, 0.3) is 0 Å². The van der Waals surface area contributed by atoms with Gasteiger partial charge in [-0.1, -0.05) is 11.6 Å². The fourth-order valence-corrected chi connectivity index (χ4v) is 2.41. The zero-order valence-electron chi connectivity index (χ0n) is 11.8. The average molecular weight is 300 g/mol. The Labute approximate surface area is 125 Å². The average Bonchev–Trinajstić information content (AvgIpc) is 2.47. The van der Waals surface area contributed by atoms with E-state index in [0.717, 1.165) is 30.3 Å². The monoisotopic (exact) mass is 299 g/mol. The zero-order valence-corrected chi connectivity index (χ0v) is 12.6. The second-order valence-corrected chi connectivity index (χ2v) is 5.57. The number of halogens is 1. The van der Waals surface area contributed by atoms with Crippen molar-refractivity contribution in [1.29, 1.82) is 0 Å². The third-order valence-corrected chi connectivity index (χ3v) is 3.76. The first-order valence-electron chi connectivity index (χ1n) is 7.04. The lowest BCUT2D eigenvalue weighted by Gasteiger charge is -2.37. The number of aliphatic hydroxyl groups excluding tert-OH is 1. The van der Waals surface area contributed by atoms with Crippen LogP contribution in [0.5, 0.6) is 5.75 Å². The van der Waals surface area contributed by atoms with Crippen LogP contribution >= 0.6 is 11.6 Å². The normalized spacial score (nSPS) is 23.8. The van der Waals surface area contributed by atoms with Crippen LogP contribution in [0.4, 0.5) is 0 Å². The molecule has 1 N–H and O–H groups in total. The second-order valence-electron chi connectivity index (χ2n) is 5.14. The van der Waals surface area contributed by atoms with Crippen LogP contribution in [0, 0.1) is 0 Å². The first kappa shape index (κ1) is 15.6. The van der Waals surface area contributed by atoms with Gasteiger partial charge in [-0.15, -0.1) is 0 Å². The van der Waals surface area contributed by atoms with Crippen molar-refractivity contribution in [1.82, 2.24) is 4.90 Å². The molecule has 0 aliphatic carbocycles. The number of rotatable bonds is 6. The van der Waals surface area contributed by atoms with Gasteiger partial charge in [-0.25, -0.2) is 0 Å². The third-order valence-electron chi connectivity index (χ3n) is 3.51. The number of benzene rings is 1. The summed E-state index contributed by atoms with van der Waals surface area (Å²) >= 11 is 5.82. The van der Waals surface area contributed by atoms with E-state index in [2.05, 4.69) is 11.8 Å². The SMILES string of the molecule is CC1COC(CO)CN1CCCOc1ccc(Cl)cc1. The maximum Gasteiger partial charge on any atom is 0.119 e. The number of hydrogen-bond acceptors (Lipinski definition) is 4. The van der Waals surface area contributed by atoms with Crippen molar-refractivity contribution in [3.8, 4) is 5.75 Å². The van der Waals surface area contributed by atoms with Crippen LogP contribution in [-0.2, 0) is 4.74 Å². The van der Waals surface area contributed by atoms with E-state index in [4.69, 9.17) is 26.2 Å². The van der Waals surface area contributed by atoms with E-state index < -0.39 is 0 Å². The smallest absolute Gasteiger partial charge is 0.119 e. The minimum absolute atomic E-state index is 0.0524. The number of aliphatic hydroxyl groups is 1. The van der Waals surface area contributed by atoms with Crippen molar-refractivity contribution in [3.63, 3.8) is 0 Å². The van der Waals surface area contributed by atoms with Crippen molar-refractivity contribution >= 4 is 11.6 Å². The summed E-state index contributed by atoms with van der Waals surface area (Å²) in [5.74, 6) is 0.845. The Morgan fingerprint density at radius 2 is 2.15 bits per heavy atom. The van der Waals surface area contributed by atoms with Crippen LogP contribution in [0.3, 0.4) is 0 Å². The molecular weight excluding hydrogens is 278 g/mol. The highest BCUT2D eigenvalue weighted by molar-refractivity contribution is 6.30.